The van der Waals surface area contributed by atoms with Crippen molar-refractivity contribution in [1.29, 1.82) is 0 Å². The second-order valence-electron chi connectivity index (χ2n) is 6.21. The normalized spacial score (nSPS) is 10.7. The number of hydrogen-bond donors (Lipinski definition) is 2. The molecule has 3 aromatic rings. The number of aryl methyl sites for hydroxylation is 1. The van der Waals surface area contributed by atoms with Crippen LogP contribution in [0, 0.1) is 6.92 Å². The van der Waals surface area contributed by atoms with Gasteiger partial charge in [-0.1, -0.05) is 23.8 Å². The maximum Gasteiger partial charge on any atom is 0.234 e. The fourth-order valence-corrected chi connectivity index (χ4v) is 3.21. The molecule has 0 spiro atoms. The lowest BCUT2D eigenvalue weighted by Crippen LogP contribution is -2.28. The number of benzene rings is 1. The number of nitrogens with one attached hydrogen (secondary N) is 2. The number of imidazole rings is 1. The third kappa shape index (κ3) is 5.86. The molecule has 3 rings (SSSR count). The molecule has 0 saturated carbocycles. The highest BCUT2D eigenvalue weighted by atomic mass is 32.2. The molecule has 0 aliphatic heterocycles. The fraction of sp³-hybridized carbons (Fsp3) is 0.250. The molecular weight excluding hydrogens is 360 g/mol. The molecule has 0 fully saturated rings. The summed E-state index contributed by atoms with van der Waals surface area (Å²) < 4.78 is 1.96. The number of pyridine rings is 1. The summed E-state index contributed by atoms with van der Waals surface area (Å²) in [7, 11) is 0. The van der Waals surface area contributed by atoms with Crippen molar-refractivity contribution in [2.24, 2.45) is 0 Å². The lowest BCUT2D eigenvalue weighted by atomic mass is 10.2. The van der Waals surface area contributed by atoms with Crippen molar-refractivity contribution >= 4 is 34.9 Å². The lowest BCUT2D eigenvalue weighted by Gasteiger charge is -2.06. The molecule has 2 heterocycles. The van der Waals surface area contributed by atoms with Gasteiger partial charge in [-0.05, 0) is 31.2 Å². The molecule has 2 N–H and O–H groups in total. The van der Waals surface area contributed by atoms with Gasteiger partial charge >= 0.3 is 0 Å². The van der Waals surface area contributed by atoms with Gasteiger partial charge in [0.05, 0.1) is 17.2 Å². The van der Waals surface area contributed by atoms with E-state index in [0.717, 1.165) is 22.6 Å². The van der Waals surface area contributed by atoms with Gasteiger partial charge in [-0.25, -0.2) is 4.98 Å². The Balaban J connectivity index is 1.32. The van der Waals surface area contributed by atoms with Gasteiger partial charge in [0.15, 0.2) is 0 Å². The summed E-state index contributed by atoms with van der Waals surface area (Å²) in [6, 6.07) is 13.5. The van der Waals surface area contributed by atoms with Crippen molar-refractivity contribution in [3.05, 3.63) is 66.1 Å². The highest BCUT2D eigenvalue weighted by Crippen LogP contribution is 2.10. The smallest absolute Gasteiger partial charge is 0.234 e. The van der Waals surface area contributed by atoms with E-state index in [2.05, 4.69) is 15.6 Å². The minimum Gasteiger partial charge on any atom is -0.355 e. The van der Waals surface area contributed by atoms with E-state index in [9.17, 15) is 9.59 Å². The first-order valence-electron chi connectivity index (χ1n) is 8.74. The minimum atomic E-state index is -0.110. The molecule has 0 atom stereocenters. The van der Waals surface area contributed by atoms with Crippen LogP contribution in [0.2, 0.25) is 0 Å². The predicted molar refractivity (Wildman–Crippen MR) is 109 cm³/mol. The van der Waals surface area contributed by atoms with E-state index >= 15 is 0 Å². The summed E-state index contributed by atoms with van der Waals surface area (Å²) in [5.41, 5.74) is 3.74. The third-order valence-electron chi connectivity index (χ3n) is 3.92. The number of carbonyl (C=O) groups is 2. The van der Waals surface area contributed by atoms with Gasteiger partial charge in [-0.3, -0.25) is 9.59 Å². The Morgan fingerprint density at radius 2 is 1.85 bits per heavy atom. The zero-order chi connectivity index (χ0) is 19.1. The highest BCUT2D eigenvalue weighted by Gasteiger charge is 2.07. The second kappa shape index (κ2) is 9.23. The molecule has 0 saturated heterocycles. The monoisotopic (exact) mass is 382 g/mol. The molecule has 7 heteroatoms. The number of amides is 2. The maximum absolute atomic E-state index is 11.9. The number of fused-ring (bicyclic) bond motifs is 1. The van der Waals surface area contributed by atoms with Gasteiger partial charge in [0, 0.05) is 31.0 Å². The summed E-state index contributed by atoms with van der Waals surface area (Å²) in [5.74, 6) is 0.313. The molecular formula is C20H22N4O2S. The Hall–Kier alpha value is -2.80. The van der Waals surface area contributed by atoms with Gasteiger partial charge in [0.2, 0.25) is 11.8 Å². The molecule has 0 unspecified atom stereocenters. The number of aromatic nitrogens is 2. The Kier molecular flexibility index (Phi) is 6.49. The van der Waals surface area contributed by atoms with Crippen molar-refractivity contribution in [2.75, 3.05) is 23.4 Å². The van der Waals surface area contributed by atoms with E-state index in [-0.39, 0.29) is 23.3 Å². The van der Waals surface area contributed by atoms with Crippen LogP contribution in [-0.4, -0.2) is 39.2 Å². The van der Waals surface area contributed by atoms with Gasteiger partial charge < -0.3 is 15.0 Å². The molecule has 6 nitrogen and oxygen atoms in total. The number of thioether (sulfide) groups is 1. The van der Waals surface area contributed by atoms with Crippen molar-refractivity contribution in [2.45, 2.75) is 13.3 Å². The largest absolute Gasteiger partial charge is 0.355 e. The van der Waals surface area contributed by atoms with Crippen LogP contribution in [0.5, 0.6) is 0 Å². The number of carbonyl (C=O) groups excluding carboxylic acids is 2. The van der Waals surface area contributed by atoms with Crippen molar-refractivity contribution < 1.29 is 9.59 Å². The van der Waals surface area contributed by atoms with Crippen molar-refractivity contribution in [1.82, 2.24) is 14.7 Å². The SMILES string of the molecule is Cc1ccc(NC(=O)CSCC(=O)NCCc2cn3ccccc3n2)cc1. The van der Waals surface area contributed by atoms with Crippen LogP contribution in [-0.2, 0) is 16.0 Å². The zero-order valence-electron chi connectivity index (χ0n) is 15.1. The van der Waals surface area contributed by atoms with Crippen LogP contribution >= 0.6 is 11.8 Å². The molecule has 140 valence electrons. The van der Waals surface area contributed by atoms with Crippen LogP contribution < -0.4 is 10.6 Å². The van der Waals surface area contributed by atoms with Crippen molar-refractivity contribution in [3.8, 4) is 0 Å². The molecule has 27 heavy (non-hydrogen) atoms. The average Bonchev–Trinajstić information content (AvgIpc) is 3.06. The van der Waals surface area contributed by atoms with Crippen LogP contribution in [0.3, 0.4) is 0 Å². The van der Waals surface area contributed by atoms with E-state index in [1.54, 1.807) is 0 Å². The molecule has 2 amide bonds. The van der Waals surface area contributed by atoms with E-state index < -0.39 is 0 Å². The Labute approximate surface area is 162 Å². The van der Waals surface area contributed by atoms with E-state index in [1.807, 2.05) is 66.2 Å². The number of rotatable bonds is 8. The summed E-state index contributed by atoms with van der Waals surface area (Å²) >= 11 is 1.30. The van der Waals surface area contributed by atoms with Crippen LogP contribution in [0.1, 0.15) is 11.3 Å². The maximum atomic E-state index is 11.9. The number of nitrogens with zero attached hydrogens (tertiary/aromatic N) is 2. The second-order valence-corrected chi connectivity index (χ2v) is 7.19. The predicted octanol–water partition coefficient (Wildman–Crippen LogP) is 2.67. The molecule has 1 aromatic carbocycles. The molecule has 0 radical (unpaired) electrons. The number of hydrogen-bond acceptors (Lipinski definition) is 4. The quantitative estimate of drug-likeness (QED) is 0.628. The highest BCUT2D eigenvalue weighted by molar-refractivity contribution is 8.00. The fourth-order valence-electron chi connectivity index (χ4n) is 2.56. The van der Waals surface area contributed by atoms with Gasteiger partial charge in [-0.15, -0.1) is 11.8 Å². The average molecular weight is 382 g/mol. The Morgan fingerprint density at radius 3 is 2.63 bits per heavy atom. The summed E-state index contributed by atoms with van der Waals surface area (Å²) in [5, 5.41) is 5.68. The first-order valence-corrected chi connectivity index (χ1v) is 9.89. The molecule has 0 bridgehead atoms. The van der Waals surface area contributed by atoms with Crippen LogP contribution in [0.25, 0.3) is 5.65 Å². The molecule has 2 aromatic heterocycles. The first-order chi connectivity index (χ1) is 13.1. The standard InChI is InChI=1S/C20H22N4O2S/c1-15-5-7-16(8-6-15)23-20(26)14-27-13-19(25)21-10-9-17-12-24-11-3-2-4-18(24)22-17/h2-8,11-12H,9-10,13-14H2,1H3,(H,21,25)(H,23,26). The van der Waals surface area contributed by atoms with Gasteiger partial charge in [-0.2, -0.15) is 0 Å². The Morgan fingerprint density at radius 1 is 1.07 bits per heavy atom. The van der Waals surface area contributed by atoms with Crippen LogP contribution in [0.15, 0.2) is 54.9 Å². The summed E-state index contributed by atoms with van der Waals surface area (Å²) in [4.78, 5) is 28.3. The van der Waals surface area contributed by atoms with Crippen LogP contribution in [0.4, 0.5) is 5.69 Å². The van der Waals surface area contributed by atoms with E-state index in [1.165, 1.54) is 11.8 Å². The lowest BCUT2D eigenvalue weighted by molar-refractivity contribution is -0.118. The summed E-state index contributed by atoms with van der Waals surface area (Å²) in [6.45, 7) is 2.52. The zero-order valence-corrected chi connectivity index (χ0v) is 16.0. The molecule has 0 aliphatic carbocycles. The Bertz CT molecular complexity index is 888. The first kappa shape index (κ1) is 19.0. The van der Waals surface area contributed by atoms with Crippen molar-refractivity contribution in [3.63, 3.8) is 0 Å². The van der Waals surface area contributed by atoms with E-state index in [0.29, 0.717) is 13.0 Å². The van der Waals surface area contributed by atoms with Gasteiger partial charge in [0.1, 0.15) is 5.65 Å². The van der Waals surface area contributed by atoms with Gasteiger partial charge in [0.25, 0.3) is 0 Å². The topological polar surface area (TPSA) is 75.5 Å². The molecule has 0 aliphatic rings. The summed E-state index contributed by atoms with van der Waals surface area (Å²) in [6.07, 6.45) is 4.58. The number of anilines is 1. The third-order valence-corrected chi connectivity index (χ3v) is 4.85. The minimum absolute atomic E-state index is 0.0769. The van der Waals surface area contributed by atoms with E-state index in [4.69, 9.17) is 0 Å².